The lowest BCUT2D eigenvalue weighted by atomic mass is 9.85. The summed E-state index contributed by atoms with van der Waals surface area (Å²) in [6.45, 7) is 4.21. The van der Waals surface area contributed by atoms with Crippen LogP contribution < -0.4 is 5.73 Å². The number of carbonyl (C=O) groups excluding carboxylic acids is 1. The Kier molecular flexibility index (Phi) is 4.55. The molecule has 1 aliphatic heterocycles. The summed E-state index contributed by atoms with van der Waals surface area (Å²) in [5.41, 5.74) is 6.95. The maximum Gasteiger partial charge on any atom is 0.225 e. The second-order valence-electron chi connectivity index (χ2n) is 6.22. The van der Waals surface area contributed by atoms with Crippen molar-refractivity contribution in [3.8, 4) is 0 Å². The van der Waals surface area contributed by atoms with Crippen LogP contribution in [0.5, 0.6) is 0 Å². The molecule has 0 spiro atoms. The van der Waals surface area contributed by atoms with E-state index in [0.717, 1.165) is 64.1 Å². The van der Waals surface area contributed by atoms with Crippen molar-refractivity contribution in [3.63, 3.8) is 0 Å². The average molecular weight is 292 g/mol. The summed E-state index contributed by atoms with van der Waals surface area (Å²) in [6, 6.07) is 2.10. The van der Waals surface area contributed by atoms with E-state index in [9.17, 15) is 4.79 Å². The fraction of sp³-hybridized carbons (Fsp3) is 0.733. The maximum absolute atomic E-state index is 12.5. The molecule has 6 heteroatoms. The van der Waals surface area contributed by atoms with E-state index in [2.05, 4.69) is 10.1 Å². The minimum Gasteiger partial charge on any atom is -0.364 e. The van der Waals surface area contributed by atoms with Crippen molar-refractivity contribution in [2.75, 3.05) is 26.2 Å². The van der Waals surface area contributed by atoms with Gasteiger partial charge in [0.25, 0.3) is 0 Å². The van der Waals surface area contributed by atoms with Gasteiger partial charge in [-0.1, -0.05) is 11.6 Å². The predicted octanol–water partition coefficient (Wildman–Crippen LogP) is 0.836. The van der Waals surface area contributed by atoms with E-state index in [-0.39, 0.29) is 12.0 Å². The highest BCUT2D eigenvalue weighted by Gasteiger charge is 2.30. The highest BCUT2D eigenvalue weighted by Crippen LogP contribution is 2.25. The number of hydrogen-bond acceptors (Lipinski definition) is 5. The van der Waals surface area contributed by atoms with Gasteiger partial charge in [-0.2, -0.15) is 0 Å². The number of nitrogens with zero attached hydrogens (tertiary/aromatic N) is 3. The van der Waals surface area contributed by atoms with Crippen LogP contribution in [0.4, 0.5) is 0 Å². The fourth-order valence-electron chi connectivity index (χ4n) is 3.38. The smallest absolute Gasteiger partial charge is 0.225 e. The summed E-state index contributed by atoms with van der Waals surface area (Å²) in [4.78, 5) is 16.9. The molecule has 1 saturated heterocycles. The Morgan fingerprint density at radius 3 is 2.81 bits per heavy atom. The van der Waals surface area contributed by atoms with Crippen molar-refractivity contribution >= 4 is 5.91 Å². The Bertz CT molecular complexity index is 454. The normalized spacial score (nSPS) is 27.8. The minimum absolute atomic E-state index is 0.149. The summed E-state index contributed by atoms with van der Waals surface area (Å²) in [7, 11) is 0. The first kappa shape index (κ1) is 14.5. The van der Waals surface area contributed by atoms with E-state index in [1.165, 1.54) is 0 Å². The molecule has 2 aliphatic rings. The highest BCUT2D eigenvalue weighted by molar-refractivity contribution is 5.79. The topological polar surface area (TPSA) is 75.6 Å². The van der Waals surface area contributed by atoms with E-state index in [4.69, 9.17) is 10.3 Å². The number of rotatable bonds is 3. The van der Waals surface area contributed by atoms with Crippen molar-refractivity contribution in [2.24, 2.45) is 11.7 Å². The first-order valence-electron chi connectivity index (χ1n) is 7.88. The molecule has 0 aromatic carbocycles. The molecule has 116 valence electrons. The zero-order chi connectivity index (χ0) is 14.7. The Labute approximate surface area is 125 Å². The van der Waals surface area contributed by atoms with Crippen molar-refractivity contribution in [2.45, 2.75) is 38.3 Å². The number of aromatic nitrogens is 1. The molecule has 6 nitrogen and oxygen atoms in total. The zero-order valence-corrected chi connectivity index (χ0v) is 12.4. The van der Waals surface area contributed by atoms with E-state index >= 15 is 0 Å². The SMILES string of the molecule is N[C@H]1CCC[C@H](C(=O)N2CCN(Cc3ccon3)CC2)C1. The zero-order valence-electron chi connectivity index (χ0n) is 12.4. The number of carbonyl (C=O) groups is 1. The third kappa shape index (κ3) is 3.63. The van der Waals surface area contributed by atoms with Gasteiger partial charge in [0.1, 0.15) is 6.26 Å². The molecule has 2 N–H and O–H groups in total. The molecule has 2 atom stereocenters. The number of nitrogens with two attached hydrogens (primary N) is 1. The van der Waals surface area contributed by atoms with Crippen LogP contribution in [0.2, 0.25) is 0 Å². The van der Waals surface area contributed by atoms with Gasteiger partial charge < -0.3 is 15.2 Å². The quantitative estimate of drug-likeness (QED) is 0.893. The van der Waals surface area contributed by atoms with Gasteiger partial charge in [-0.3, -0.25) is 9.69 Å². The van der Waals surface area contributed by atoms with Gasteiger partial charge in [-0.05, 0) is 19.3 Å². The Morgan fingerprint density at radius 2 is 2.14 bits per heavy atom. The van der Waals surface area contributed by atoms with Crippen LogP contribution in [0.15, 0.2) is 16.9 Å². The van der Waals surface area contributed by atoms with Gasteiger partial charge in [-0.15, -0.1) is 0 Å². The van der Waals surface area contributed by atoms with Crippen LogP contribution in [-0.4, -0.2) is 53.1 Å². The van der Waals surface area contributed by atoms with E-state index in [0.29, 0.717) is 5.91 Å². The Hall–Kier alpha value is -1.40. The van der Waals surface area contributed by atoms with Crippen molar-refractivity contribution < 1.29 is 9.32 Å². The van der Waals surface area contributed by atoms with Crippen LogP contribution in [-0.2, 0) is 11.3 Å². The average Bonchev–Trinajstić information content (AvgIpc) is 3.00. The molecule has 0 unspecified atom stereocenters. The lowest BCUT2D eigenvalue weighted by Crippen LogP contribution is -2.51. The molecule has 1 aromatic heterocycles. The molecule has 1 saturated carbocycles. The van der Waals surface area contributed by atoms with Crippen LogP contribution in [0.3, 0.4) is 0 Å². The number of hydrogen-bond donors (Lipinski definition) is 1. The van der Waals surface area contributed by atoms with E-state index in [1.807, 2.05) is 11.0 Å². The van der Waals surface area contributed by atoms with Gasteiger partial charge in [0.05, 0.1) is 5.69 Å². The molecule has 1 aromatic rings. The summed E-state index contributed by atoms with van der Waals surface area (Å²) in [5.74, 6) is 0.460. The van der Waals surface area contributed by atoms with Gasteiger partial charge >= 0.3 is 0 Å². The highest BCUT2D eigenvalue weighted by atomic mass is 16.5. The Balaban J connectivity index is 1.47. The van der Waals surface area contributed by atoms with E-state index in [1.54, 1.807) is 6.26 Å². The molecule has 2 heterocycles. The van der Waals surface area contributed by atoms with Crippen LogP contribution in [0.1, 0.15) is 31.4 Å². The van der Waals surface area contributed by atoms with Crippen LogP contribution in [0, 0.1) is 5.92 Å². The first-order valence-corrected chi connectivity index (χ1v) is 7.88. The van der Waals surface area contributed by atoms with Gasteiger partial charge in [-0.25, -0.2) is 0 Å². The molecule has 0 bridgehead atoms. The number of amides is 1. The second-order valence-corrected chi connectivity index (χ2v) is 6.22. The van der Waals surface area contributed by atoms with Gasteiger partial charge in [0.2, 0.25) is 5.91 Å². The van der Waals surface area contributed by atoms with Crippen molar-refractivity contribution in [1.29, 1.82) is 0 Å². The lowest BCUT2D eigenvalue weighted by Gasteiger charge is -2.37. The molecule has 21 heavy (non-hydrogen) atoms. The van der Waals surface area contributed by atoms with Crippen LogP contribution >= 0.6 is 0 Å². The molecule has 3 rings (SSSR count). The van der Waals surface area contributed by atoms with Crippen molar-refractivity contribution in [3.05, 3.63) is 18.0 Å². The van der Waals surface area contributed by atoms with Gasteiger partial charge in [0, 0.05) is 50.7 Å². The summed E-state index contributed by atoms with van der Waals surface area (Å²) >= 11 is 0. The monoisotopic (exact) mass is 292 g/mol. The lowest BCUT2D eigenvalue weighted by molar-refractivity contribution is -0.138. The van der Waals surface area contributed by atoms with Crippen molar-refractivity contribution in [1.82, 2.24) is 15.0 Å². The predicted molar refractivity (Wildman–Crippen MR) is 78.3 cm³/mol. The molecule has 0 radical (unpaired) electrons. The first-order chi connectivity index (χ1) is 10.2. The summed E-state index contributed by atoms with van der Waals surface area (Å²) < 4.78 is 4.85. The molecule has 1 aliphatic carbocycles. The maximum atomic E-state index is 12.5. The third-order valence-electron chi connectivity index (χ3n) is 4.62. The summed E-state index contributed by atoms with van der Waals surface area (Å²) in [6.07, 6.45) is 5.62. The third-order valence-corrected chi connectivity index (χ3v) is 4.62. The van der Waals surface area contributed by atoms with Crippen LogP contribution in [0.25, 0.3) is 0 Å². The molecule has 1 amide bonds. The van der Waals surface area contributed by atoms with E-state index < -0.39 is 0 Å². The molecular formula is C15H24N4O2. The Morgan fingerprint density at radius 1 is 1.33 bits per heavy atom. The number of piperazine rings is 1. The largest absolute Gasteiger partial charge is 0.364 e. The molecule has 2 fully saturated rings. The standard InChI is InChI=1S/C15H24N4O2/c16-13-3-1-2-12(10-13)15(20)19-7-5-18(6-8-19)11-14-4-9-21-17-14/h4,9,12-13H,1-3,5-8,10-11,16H2/t12-,13-/m0/s1. The summed E-state index contributed by atoms with van der Waals surface area (Å²) in [5, 5.41) is 3.94. The minimum atomic E-state index is 0.149. The van der Waals surface area contributed by atoms with Gasteiger partial charge in [0.15, 0.2) is 0 Å². The fourth-order valence-corrected chi connectivity index (χ4v) is 3.38. The molecular weight excluding hydrogens is 268 g/mol. The second kappa shape index (κ2) is 6.58.